The molecule has 0 atom stereocenters. The quantitative estimate of drug-likeness (QED) is 0.373. The Hall–Kier alpha value is 0.440. The van der Waals surface area contributed by atoms with Gasteiger partial charge in [0.15, 0.2) is 0 Å². The van der Waals surface area contributed by atoms with Crippen LogP contribution in [-0.4, -0.2) is 17.5 Å². The number of hydrogen-bond donors (Lipinski definition) is 0. The molecular formula is C13H28BrN. The number of hydrogen-bond acceptors (Lipinski definition) is 1. The highest BCUT2D eigenvalue weighted by Crippen LogP contribution is 2.10. The second kappa shape index (κ2) is 12.5. The number of nitrogens with zero attached hydrogens (tertiary/aromatic N) is 1. The molecular weight excluding hydrogens is 250 g/mol. The molecule has 1 nitrogen and oxygen atoms in total. The number of rotatable bonds is 11. The van der Waals surface area contributed by atoms with Gasteiger partial charge in [0.2, 0.25) is 0 Å². The molecule has 0 aliphatic heterocycles. The fourth-order valence-corrected chi connectivity index (χ4v) is 2.07. The van der Waals surface area contributed by atoms with Crippen LogP contribution in [0.4, 0.5) is 0 Å². The third-order valence-corrected chi connectivity index (χ3v) is 3.17. The van der Waals surface area contributed by atoms with Crippen molar-refractivity contribution in [3.63, 3.8) is 0 Å². The monoisotopic (exact) mass is 277 g/mol. The van der Waals surface area contributed by atoms with E-state index < -0.39 is 0 Å². The van der Waals surface area contributed by atoms with Gasteiger partial charge in [-0.05, 0) is 13.5 Å². The highest BCUT2D eigenvalue weighted by Gasteiger charge is 1.94. The molecule has 0 aliphatic carbocycles. The SMILES string of the molecule is CCCCCCCCCCCCN(C)Br. The lowest BCUT2D eigenvalue weighted by Gasteiger charge is -2.06. The molecule has 0 saturated heterocycles. The van der Waals surface area contributed by atoms with Crippen LogP contribution >= 0.6 is 16.1 Å². The topological polar surface area (TPSA) is 3.24 Å². The van der Waals surface area contributed by atoms with E-state index >= 15 is 0 Å². The van der Waals surface area contributed by atoms with Crippen LogP contribution in [0.2, 0.25) is 0 Å². The summed E-state index contributed by atoms with van der Waals surface area (Å²) in [5, 5.41) is 0. The fraction of sp³-hybridized carbons (Fsp3) is 1.00. The smallest absolute Gasteiger partial charge is 0.0117 e. The maximum atomic E-state index is 3.43. The summed E-state index contributed by atoms with van der Waals surface area (Å²) in [6.45, 7) is 3.46. The van der Waals surface area contributed by atoms with Crippen molar-refractivity contribution in [3.8, 4) is 0 Å². The first-order chi connectivity index (χ1) is 7.27. The van der Waals surface area contributed by atoms with Gasteiger partial charge in [-0.15, -0.1) is 0 Å². The van der Waals surface area contributed by atoms with Crippen LogP contribution in [0.1, 0.15) is 71.1 Å². The van der Waals surface area contributed by atoms with E-state index in [9.17, 15) is 0 Å². The van der Waals surface area contributed by atoms with E-state index in [1.54, 1.807) is 0 Å². The Labute approximate surface area is 105 Å². The van der Waals surface area contributed by atoms with E-state index in [1.807, 2.05) is 0 Å². The lowest BCUT2D eigenvalue weighted by atomic mass is 10.1. The van der Waals surface area contributed by atoms with E-state index in [2.05, 4.69) is 34.0 Å². The van der Waals surface area contributed by atoms with Crippen molar-refractivity contribution in [1.29, 1.82) is 0 Å². The van der Waals surface area contributed by atoms with E-state index in [0.717, 1.165) is 0 Å². The third-order valence-electron chi connectivity index (χ3n) is 2.82. The van der Waals surface area contributed by atoms with Crippen molar-refractivity contribution in [2.75, 3.05) is 13.6 Å². The van der Waals surface area contributed by atoms with Crippen LogP contribution in [0.25, 0.3) is 0 Å². The second-order valence-corrected chi connectivity index (χ2v) is 5.72. The van der Waals surface area contributed by atoms with Crippen molar-refractivity contribution in [2.45, 2.75) is 71.1 Å². The van der Waals surface area contributed by atoms with Crippen LogP contribution in [0.3, 0.4) is 0 Å². The molecule has 0 unspecified atom stereocenters. The molecule has 0 amide bonds. The van der Waals surface area contributed by atoms with Gasteiger partial charge in [-0.2, -0.15) is 0 Å². The fourth-order valence-electron chi connectivity index (χ4n) is 1.82. The first-order valence-electron chi connectivity index (χ1n) is 6.64. The Morgan fingerprint density at radius 1 is 0.733 bits per heavy atom. The van der Waals surface area contributed by atoms with Gasteiger partial charge >= 0.3 is 0 Å². The minimum Gasteiger partial charge on any atom is -0.245 e. The zero-order chi connectivity index (χ0) is 11.4. The Morgan fingerprint density at radius 2 is 1.13 bits per heavy atom. The van der Waals surface area contributed by atoms with E-state index in [1.165, 1.54) is 70.8 Å². The summed E-state index contributed by atoms with van der Waals surface area (Å²) in [4.78, 5) is 0. The van der Waals surface area contributed by atoms with Crippen LogP contribution in [0.5, 0.6) is 0 Å². The second-order valence-electron chi connectivity index (χ2n) is 4.51. The summed E-state index contributed by atoms with van der Waals surface area (Å²) < 4.78 is 2.09. The lowest BCUT2D eigenvalue weighted by molar-refractivity contribution is 0.510. The molecule has 0 aromatic heterocycles. The Morgan fingerprint density at radius 3 is 1.53 bits per heavy atom. The molecule has 2 heteroatoms. The summed E-state index contributed by atoms with van der Waals surface area (Å²) in [5.41, 5.74) is 0. The highest BCUT2D eigenvalue weighted by atomic mass is 79.9. The molecule has 15 heavy (non-hydrogen) atoms. The standard InChI is InChI=1S/C13H28BrN/c1-3-4-5-6-7-8-9-10-11-12-13-15(2)14/h3-13H2,1-2H3. The molecule has 0 aromatic rings. The van der Waals surface area contributed by atoms with Crippen LogP contribution in [0, 0.1) is 0 Å². The first-order valence-corrected chi connectivity index (χ1v) is 7.35. The summed E-state index contributed by atoms with van der Waals surface area (Å²) >= 11 is 3.43. The Bertz CT molecular complexity index is 115. The molecule has 0 fully saturated rings. The van der Waals surface area contributed by atoms with Crippen LogP contribution in [0.15, 0.2) is 0 Å². The van der Waals surface area contributed by atoms with Gasteiger partial charge in [-0.25, -0.2) is 3.93 Å². The molecule has 0 radical (unpaired) electrons. The molecule has 0 heterocycles. The Balaban J connectivity index is 2.87. The summed E-state index contributed by atoms with van der Waals surface area (Å²) in [6, 6.07) is 0. The highest BCUT2D eigenvalue weighted by molar-refractivity contribution is 9.07. The minimum atomic E-state index is 1.18. The molecule has 0 bridgehead atoms. The molecule has 0 saturated carbocycles. The van der Waals surface area contributed by atoms with Gasteiger partial charge in [0.25, 0.3) is 0 Å². The predicted molar refractivity (Wildman–Crippen MR) is 73.4 cm³/mol. The van der Waals surface area contributed by atoms with Crippen molar-refractivity contribution >= 4 is 16.1 Å². The maximum Gasteiger partial charge on any atom is 0.0117 e. The summed E-state index contributed by atoms with van der Waals surface area (Å²) in [5.74, 6) is 0. The van der Waals surface area contributed by atoms with Crippen molar-refractivity contribution in [2.24, 2.45) is 0 Å². The van der Waals surface area contributed by atoms with Crippen molar-refractivity contribution in [1.82, 2.24) is 3.93 Å². The van der Waals surface area contributed by atoms with Gasteiger partial charge in [0.1, 0.15) is 0 Å². The summed E-state index contributed by atoms with van der Waals surface area (Å²) in [6.07, 6.45) is 14.2. The average molecular weight is 278 g/mol. The molecule has 92 valence electrons. The average Bonchev–Trinajstić information content (AvgIpc) is 2.20. The molecule has 0 spiro atoms. The van der Waals surface area contributed by atoms with E-state index in [4.69, 9.17) is 0 Å². The Kier molecular flexibility index (Phi) is 12.9. The van der Waals surface area contributed by atoms with E-state index in [-0.39, 0.29) is 0 Å². The number of unbranched alkanes of at least 4 members (excludes halogenated alkanes) is 9. The lowest BCUT2D eigenvalue weighted by Crippen LogP contribution is -2.04. The van der Waals surface area contributed by atoms with Gasteiger partial charge in [0, 0.05) is 22.7 Å². The maximum absolute atomic E-state index is 3.43. The van der Waals surface area contributed by atoms with Crippen LogP contribution < -0.4 is 0 Å². The third kappa shape index (κ3) is 14.4. The van der Waals surface area contributed by atoms with Gasteiger partial charge < -0.3 is 0 Å². The molecule has 0 aromatic carbocycles. The van der Waals surface area contributed by atoms with Gasteiger partial charge in [0.05, 0.1) is 0 Å². The number of halogens is 1. The van der Waals surface area contributed by atoms with Crippen molar-refractivity contribution < 1.29 is 0 Å². The predicted octanol–water partition coefficient (Wildman–Crippen LogP) is 5.15. The largest absolute Gasteiger partial charge is 0.245 e. The molecule has 0 aliphatic rings. The zero-order valence-electron chi connectivity index (χ0n) is 10.6. The van der Waals surface area contributed by atoms with Crippen molar-refractivity contribution in [3.05, 3.63) is 0 Å². The first kappa shape index (κ1) is 15.4. The van der Waals surface area contributed by atoms with Crippen LogP contribution in [-0.2, 0) is 0 Å². The van der Waals surface area contributed by atoms with E-state index in [0.29, 0.717) is 0 Å². The zero-order valence-corrected chi connectivity index (χ0v) is 12.2. The van der Waals surface area contributed by atoms with Gasteiger partial charge in [-0.1, -0.05) is 64.7 Å². The minimum absolute atomic E-state index is 1.18. The molecule has 0 N–H and O–H groups in total. The normalized spacial score (nSPS) is 11.2. The molecule has 0 rings (SSSR count). The van der Waals surface area contributed by atoms with Gasteiger partial charge in [-0.3, -0.25) is 0 Å². The summed E-state index contributed by atoms with van der Waals surface area (Å²) in [7, 11) is 2.08.